The van der Waals surface area contributed by atoms with Crippen LogP contribution in [-0.4, -0.2) is 24.3 Å². The molecule has 1 aliphatic heterocycles. The van der Waals surface area contributed by atoms with Crippen molar-refractivity contribution in [2.24, 2.45) is 0 Å². The van der Waals surface area contributed by atoms with E-state index in [1.165, 1.54) is 22.5 Å². The molecule has 1 aliphatic rings. The molecule has 0 N–H and O–H groups in total. The molecule has 0 saturated carbocycles. The first-order valence-corrected chi connectivity index (χ1v) is 9.06. The monoisotopic (exact) mass is 356 g/mol. The van der Waals surface area contributed by atoms with E-state index in [0.717, 1.165) is 18.4 Å². The van der Waals surface area contributed by atoms with Crippen molar-refractivity contribution >= 4 is 33.2 Å². The molecule has 116 valence electrons. The molecule has 0 radical (unpaired) electrons. The minimum Gasteiger partial charge on any atom is -0.264 e. The van der Waals surface area contributed by atoms with E-state index in [1.807, 2.05) is 12.1 Å². The number of hydrogen-bond donors (Lipinski definition) is 0. The minimum absolute atomic E-state index is 0.165. The van der Waals surface area contributed by atoms with Crippen molar-refractivity contribution in [2.45, 2.75) is 23.8 Å². The van der Waals surface area contributed by atoms with Crippen LogP contribution in [0.2, 0.25) is 10.0 Å². The van der Waals surface area contributed by atoms with Crippen LogP contribution in [0.1, 0.15) is 24.4 Å². The maximum Gasteiger partial charge on any atom is 0.243 e. The van der Waals surface area contributed by atoms with Crippen molar-refractivity contribution in [3.8, 4) is 0 Å². The van der Waals surface area contributed by atoms with Crippen molar-refractivity contribution < 1.29 is 8.42 Å². The van der Waals surface area contributed by atoms with Crippen LogP contribution in [0.25, 0.3) is 0 Å². The summed E-state index contributed by atoms with van der Waals surface area (Å²) in [5.41, 5.74) is 0.906. The van der Waals surface area contributed by atoms with Gasteiger partial charge in [-0.2, -0.15) is 4.31 Å². The molecule has 1 atom stereocenters. The lowest BCUT2D eigenvalue weighted by Crippen LogP contribution is -2.30. The van der Waals surface area contributed by atoms with Crippen LogP contribution < -0.4 is 0 Å². The fourth-order valence-corrected chi connectivity index (χ4v) is 4.78. The zero-order valence-electron chi connectivity index (χ0n) is 11.6. The first kappa shape index (κ1) is 15.7. The third-order valence-electron chi connectivity index (χ3n) is 3.77. The van der Waals surface area contributed by atoms with E-state index in [0.29, 0.717) is 11.6 Å². The number of halogens is 2. The van der Waals surface area contributed by atoms with Gasteiger partial charge in [0.05, 0.1) is 21.0 Å². The summed E-state index contributed by atoms with van der Waals surface area (Å²) in [5.74, 6) is 0. The highest BCUT2D eigenvalue weighted by molar-refractivity contribution is 7.89. The zero-order chi connectivity index (χ0) is 15.7. The van der Waals surface area contributed by atoms with Crippen molar-refractivity contribution in [3.63, 3.8) is 0 Å². The third-order valence-corrected chi connectivity index (χ3v) is 6.41. The number of nitrogens with zero attached hydrogens (tertiary/aromatic N) is 2. The Kier molecular flexibility index (Phi) is 4.41. The minimum atomic E-state index is -3.61. The molecule has 1 unspecified atom stereocenters. The summed E-state index contributed by atoms with van der Waals surface area (Å²) in [6.07, 6.45) is 5.00. The number of hydrogen-bond acceptors (Lipinski definition) is 3. The largest absolute Gasteiger partial charge is 0.264 e. The number of sulfonamides is 1. The molecule has 1 aromatic carbocycles. The Morgan fingerprint density at radius 2 is 2.00 bits per heavy atom. The van der Waals surface area contributed by atoms with Gasteiger partial charge in [0.1, 0.15) is 0 Å². The Morgan fingerprint density at radius 1 is 1.18 bits per heavy atom. The number of pyridine rings is 1. The molecular weight excluding hydrogens is 343 g/mol. The predicted octanol–water partition coefficient (Wildman–Crippen LogP) is 3.91. The van der Waals surface area contributed by atoms with E-state index >= 15 is 0 Å². The molecule has 1 aromatic heterocycles. The highest BCUT2D eigenvalue weighted by Gasteiger charge is 2.36. The van der Waals surface area contributed by atoms with E-state index in [4.69, 9.17) is 23.2 Å². The summed E-state index contributed by atoms with van der Waals surface area (Å²) in [7, 11) is -3.61. The van der Waals surface area contributed by atoms with E-state index in [1.54, 1.807) is 12.4 Å². The standard InChI is InChI=1S/C15H14Cl2N2O2S/c16-13-6-5-12(9-14(13)17)22(20,21)19-8-2-4-15(19)11-3-1-7-18-10-11/h1,3,5-7,9-10,15H,2,4,8H2. The summed E-state index contributed by atoms with van der Waals surface area (Å²) in [4.78, 5) is 4.25. The van der Waals surface area contributed by atoms with Gasteiger partial charge in [-0.05, 0) is 42.7 Å². The highest BCUT2D eigenvalue weighted by Crippen LogP contribution is 2.37. The van der Waals surface area contributed by atoms with Crippen molar-refractivity contribution in [3.05, 3.63) is 58.3 Å². The Labute approximate surface area is 139 Å². The zero-order valence-corrected chi connectivity index (χ0v) is 13.9. The van der Waals surface area contributed by atoms with Gasteiger partial charge in [0.15, 0.2) is 0 Å². The molecule has 3 rings (SSSR count). The molecule has 2 aromatic rings. The topological polar surface area (TPSA) is 50.3 Å². The van der Waals surface area contributed by atoms with Crippen molar-refractivity contribution in [1.29, 1.82) is 0 Å². The number of benzene rings is 1. The van der Waals surface area contributed by atoms with Gasteiger partial charge < -0.3 is 0 Å². The molecule has 0 aliphatic carbocycles. The molecule has 2 heterocycles. The van der Waals surface area contributed by atoms with Gasteiger partial charge in [-0.3, -0.25) is 4.98 Å². The lowest BCUT2D eigenvalue weighted by molar-refractivity contribution is 0.396. The molecule has 4 nitrogen and oxygen atoms in total. The van der Waals surface area contributed by atoms with E-state index < -0.39 is 10.0 Å². The second kappa shape index (κ2) is 6.16. The van der Waals surface area contributed by atoms with Crippen LogP contribution >= 0.6 is 23.2 Å². The van der Waals surface area contributed by atoms with Gasteiger partial charge in [0.2, 0.25) is 10.0 Å². The average Bonchev–Trinajstić information content (AvgIpc) is 3.01. The first-order valence-electron chi connectivity index (χ1n) is 6.87. The molecule has 22 heavy (non-hydrogen) atoms. The Balaban J connectivity index is 1.99. The maximum atomic E-state index is 12.9. The second-order valence-electron chi connectivity index (χ2n) is 5.14. The summed E-state index contributed by atoms with van der Waals surface area (Å²) in [6, 6.07) is 7.93. The SMILES string of the molecule is O=S(=O)(c1ccc(Cl)c(Cl)c1)N1CCCC1c1cccnc1. The maximum absolute atomic E-state index is 12.9. The van der Waals surface area contributed by atoms with Crippen LogP contribution in [0, 0.1) is 0 Å². The van der Waals surface area contributed by atoms with Gasteiger partial charge in [-0.1, -0.05) is 29.3 Å². The quantitative estimate of drug-likeness (QED) is 0.837. The summed E-state index contributed by atoms with van der Waals surface area (Å²) in [6.45, 7) is 0.488. The molecule has 1 fully saturated rings. The average molecular weight is 357 g/mol. The third kappa shape index (κ3) is 2.86. The fourth-order valence-electron chi connectivity index (χ4n) is 2.71. The summed E-state index contributed by atoms with van der Waals surface area (Å²) < 4.78 is 27.3. The molecule has 0 amide bonds. The van der Waals surface area contributed by atoms with Crippen LogP contribution in [0.15, 0.2) is 47.6 Å². The lowest BCUT2D eigenvalue weighted by atomic mass is 10.1. The fraction of sp³-hybridized carbons (Fsp3) is 0.267. The summed E-state index contributed by atoms with van der Waals surface area (Å²) >= 11 is 11.8. The van der Waals surface area contributed by atoms with E-state index in [-0.39, 0.29) is 16.0 Å². The normalized spacial score (nSPS) is 19.5. The summed E-state index contributed by atoms with van der Waals surface area (Å²) in [5, 5.41) is 0.575. The molecule has 1 saturated heterocycles. The number of rotatable bonds is 3. The smallest absolute Gasteiger partial charge is 0.243 e. The van der Waals surface area contributed by atoms with Gasteiger partial charge in [0.25, 0.3) is 0 Å². The Morgan fingerprint density at radius 3 is 2.68 bits per heavy atom. The molecular formula is C15H14Cl2N2O2S. The lowest BCUT2D eigenvalue weighted by Gasteiger charge is -2.24. The molecule has 7 heteroatoms. The van der Waals surface area contributed by atoms with Gasteiger partial charge >= 0.3 is 0 Å². The van der Waals surface area contributed by atoms with Crippen LogP contribution in [-0.2, 0) is 10.0 Å². The first-order chi connectivity index (χ1) is 10.5. The predicted molar refractivity (Wildman–Crippen MR) is 86.6 cm³/mol. The second-order valence-corrected chi connectivity index (χ2v) is 7.84. The van der Waals surface area contributed by atoms with Crippen molar-refractivity contribution in [1.82, 2.24) is 9.29 Å². The van der Waals surface area contributed by atoms with Crippen LogP contribution in [0.4, 0.5) is 0 Å². The molecule has 0 spiro atoms. The van der Waals surface area contributed by atoms with E-state index in [2.05, 4.69) is 4.98 Å². The Hall–Kier alpha value is -1.14. The highest BCUT2D eigenvalue weighted by atomic mass is 35.5. The van der Waals surface area contributed by atoms with Gasteiger partial charge in [-0.25, -0.2) is 8.42 Å². The van der Waals surface area contributed by atoms with Gasteiger partial charge in [-0.15, -0.1) is 0 Å². The Bertz CT molecular complexity index is 781. The van der Waals surface area contributed by atoms with Gasteiger partial charge in [0, 0.05) is 18.9 Å². The number of aromatic nitrogens is 1. The molecule has 0 bridgehead atoms. The van der Waals surface area contributed by atoms with Crippen LogP contribution in [0.3, 0.4) is 0 Å². The van der Waals surface area contributed by atoms with E-state index in [9.17, 15) is 8.42 Å². The van der Waals surface area contributed by atoms with Crippen molar-refractivity contribution in [2.75, 3.05) is 6.54 Å². The van der Waals surface area contributed by atoms with Crippen LogP contribution in [0.5, 0.6) is 0 Å².